The van der Waals surface area contributed by atoms with E-state index in [1.807, 2.05) is 37.3 Å². The second-order valence-electron chi connectivity index (χ2n) is 6.23. The minimum absolute atomic E-state index is 0.0124. The molecule has 0 radical (unpaired) electrons. The quantitative estimate of drug-likeness (QED) is 0.786. The molecule has 6 nitrogen and oxygen atoms in total. The van der Waals surface area contributed by atoms with Gasteiger partial charge in [-0.3, -0.25) is 9.69 Å². The Morgan fingerprint density at radius 2 is 2.04 bits per heavy atom. The maximum Gasteiger partial charge on any atom is 0.255 e. The second-order valence-corrected chi connectivity index (χ2v) is 6.23. The summed E-state index contributed by atoms with van der Waals surface area (Å²) in [5, 5.41) is 3.04. The van der Waals surface area contributed by atoms with Crippen molar-refractivity contribution in [3.05, 3.63) is 54.0 Å². The van der Waals surface area contributed by atoms with Gasteiger partial charge >= 0.3 is 0 Å². The van der Waals surface area contributed by atoms with Gasteiger partial charge < -0.3 is 19.2 Å². The van der Waals surface area contributed by atoms with E-state index < -0.39 is 0 Å². The van der Waals surface area contributed by atoms with Crippen molar-refractivity contribution in [3.8, 4) is 5.75 Å². The highest BCUT2D eigenvalue weighted by Gasteiger charge is 2.25. The van der Waals surface area contributed by atoms with Crippen molar-refractivity contribution in [2.45, 2.75) is 19.4 Å². The number of nitrogens with zero attached hydrogens (tertiary/aromatic N) is 1. The van der Waals surface area contributed by atoms with E-state index in [4.69, 9.17) is 13.9 Å². The SMILES string of the molecule is CCCOc1ccccc1C(=O)NCC(c1ccco1)N1CCOCC1. The fraction of sp³-hybridized carbons (Fsp3) is 0.450. The summed E-state index contributed by atoms with van der Waals surface area (Å²) in [4.78, 5) is 15.0. The van der Waals surface area contributed by atoms with Gasteiger partial charge in [-0.05, 0) is 30.7 Å². The molecule has 0 aliphatic carbocycles. The number of furan rings is 1. The number of hydrogen-bond acceptors (Lipinski definition) is 5. The monoisotopic (exact) mass is 358 g/mol. The molecule has 3 rings (SSSR count). The minimum Gasteiger partial charge on any atom is -0.493 e. The van der Waals surface area contributed by atoms with Crippen LogP contribution in [0.3, 0.4) is 0 Å². The molecule has 2 aromatic rings. The van der Waals surface area contributed by atoms with Gasteiger partial charge in [0.15, 0.2) is 0 Å². The Labute approximate surface area is 154 Å². The Hall–Kier alpha value is -2.31. The van der Waals surface area contributed by atoms with Crippen LogP contribution in [0.15, 0.2) is 47.1 Å². The van der Waals surface area contributed by atoms with Gasteiger partial charge in [-0.1, -0.05) is 19.1 Å². The molecule has 2 heterocycles. The average molecular weight is 358 g/mol. The first-order valence-electron chi connectivity index (χ1n) is 9.15. The first-order valence-corrected chi connectivity index (χ1v) is 9.15. The number of morpholine rings is 1. The lowest BCUT2D eigenvalue weighted by Gasteiger charge is -2.33. The zero-order valence-electron chi connectivity index (χ0n) is 15.1. The van der Waals surface area contributed by atoms with Gasteiger partial charge in [0, 0.05) is 19.6 Å². The summed E-state index contributed by atoms with van der Waals surface area (Å²) in [6.07, 6.45) is 2.56. The van der Waals surface area contributed by atoms with E-state index in [9.17, 15) is 4.79 Å². The molecule has 1 aliphatic rings. The first kappa shape index (κ1) is 18.5. The number of carbonyl (C=O) groups is 1. The summed E-state index contributed by atoms with van der Waals surface area (Å²) < 4.78 is 16.7. The van der Waals surface area contributed by atoms with Crippen molar-refractivity contribution in [1.82, 2.24) is 10.2 Å². The van der Waals surface area contributed by atoms with Crippen LogP contribution in [0.1, 0.15) is 35.5 Å². The van der Waals surface area contributed by atoms with Crippen LogP contribution in [0.4, 0.5) is 0 Å². The lowest BCUT2D eigenvalue weighted by Crippen LogP contribution is -2.43. The van der Waals surface area contributed by atoms with Crippen LogP contribution in [-0.4, -0.2) is 50.3 Å². The minimum atomic E-state index is -0.137. The van der Waals surface area contributed by atoms with E-state index in [1.54, 1.807) is 12.3 Å². The number of hydrogen-bond donors (Lipinski definition) is 1. The van der Waals surface area contributed by atoms with Crippen LogP contribution >= 0.6 is 0 Å². The van der Waals surface area contributed by atoms with Crippen molar-refractivity contribution in [3.63, 3.8) is 0 Å². The summed E-state index contributed by atoms with van der Waals surface area (Å²) in [5.41, 5.74) is 0.557. The van der Waals surface area contributed by atoms with E-state index >= 15 is 0 Å². The van der Waals surface area contributed by atoms with Crippen LogP contribution in [0.5, 0.6) is 5.75 Å². The summed E-state index contributed by atoms with van der Waals surface area (Å²) in [5.74, 6) is 1.33. The molecule has 1 atom stereocenters. The molecule has 1 unspecified atom stereocenters. The van der Waals surface area contributed by atoms with E-state index in [0.29, 0.717) is 37.7 Å². The number of rotatable bonds is 8. The van der Waals surface area contributed by atoms with Gasteiger partial charge in [0.25, 0.3) is 5.91 Å². The Morgan fingerprint density at radius 3 is 2.77 bits per heavy atom. The Balaban J connectivity index is 1.68. The van der Waals surface area contributed by atoms with E-state index in [0.717, 1.165) is 25.3 Å². The van der Waals surface area contributed by atoms with E-state index in [1.165, 1.54) is 0 Å². The predicted octanol–water partition coefficient (Wildman–Crippen LogP) is 2.87. The molecule has 0 bridgehead atoms. The number of benzene rings is 1. The molecular weight excluding hydrogens is 332 g/mol. The first-order chi connectivity index (χ1) is 12.8. The van der Waals surface area contributed by atoms with Gasteiger partial charge in [-0.15, -0.1) is 0 Å². The van der Waals surface area contributed by atoms with E-state index in [-0.39, 0.29) is 11.9 Å². The van der Waals surface area contributed by atoms with Crippen molar-refractivity contribution < 1.29 is 18.7 Å². The molecule has 1 N–H and O–H groups in total. The Bertz CT molecular complexity index is 681. The van der Waals surface area contributed by atoms with Crippen molar-refractivity contribution >= 4 is 5.91 Å². The number of carbonyl (C=O) groups excluding carboxylic acids is 1. The van der Waals surface area contributed by atoms with Crippen LogP contribution in [0.25, 0.3) is 0 Å². The topological polar surface area (TPSA) is 63.9 Å². The third-order valence-corrected chi connectivity index (χ3v) is 4.41. The molecule has 26 heavy (non-hydrogen) atoms. The summed E-state index contributed by atoms with van der Waals surface area (Å²) >= 11 is 0. The normalized spacial score (nSPS) is 16.2. The van der Waals surface area contributed by atoms with Crippen LogP contribution in [0, 0.1) is 0 Å². The highest BCUT2D eigenvalue weighted by Crippen LogP contribution is 2.23. The molecule has 0 saturated carbocycles. The standard InChI is InChI=1S/C20H26N2O4/c1-2-11-25-18-7-4-3-6-16(18)20(23)21-15-17(19-8-5-12-26-19)22-9-13-24-14-10-22/h3-8,12,17H,2,9-11,13-15H2,1H3,(H,21,23). The lowest BCUT2D eigenvalue weighted by molar-refractivity contribution is 0.0118. The van der Waals surface area contributed by atoms with Crippen molar-refractivity contribution in [1.29, 1.82) is 0 Å². The zero-order chi connectivity index (χ0) is 18.2. The lowest BCUT2D eigenvalue weighted by atomic mass is 10.1. The Morgan fingerprint density at radius 1 is 1.23 bits per heavy atom. The number of para-hydroxylation sites is 1. The van der Waals surface area contributed by atoms with Gasteiger partial charge in [0.05, 0.1) is 37.7 Å². The number of nitrogens with one attached hydrogen (secondary N) is 1. The largest absolute Gasteiger partial charge is 0.493 e. The number of ether oxygens (including phenoxy) is 2. The van der Waals surface area contributed by atoms with Gasteiger partial charge in [0.2, 0.25) is 0 Å². The Kier molecular flexibility index (Phi) is 6.68. The highest BCUT2D eigenvalue weighted by molar-refractivity contribution is 5.96. The van der Waals surface area contributed by atoms with Crippen molar-refractivity contribution in [2.24, 2.45) is 0 Å². The third kappa shape index (κ3) is 4.65. The van der Waals surface area contributed by atoms with E-state index in [2.05, 4.69) is 10.2 Å². The molecule has 6 heteroatoms. The maximum absolute atomic E-state index is 12.7. The highest BCUT2D eigenvalue weighted by atomic mass is 16.5. The predicted molar refractivity (Wildman–Crippen MR) is 98.4 cm³/mol. The number of amides is 1. The fourth-order valence-electron chi connectivity index (χ4n) is 3.06. The van der Waals surface area contributed by atoms with Gasteiger partial charge in [0.1, 0.15) is 11.5 Å². The molecule has 1 aromatic heterocycles. The van der Waals surface area contributed by atoms with Gasteiger partial charge in [-0.25, -0.2) is 0 Å². The zero-order valence-corrected chi connectivity index (χ0v) is 15.1. The molecule has 1 amide bonds. The summed E-state index contributed by atoms with van der Waals surface area (Å²) in [6, 6.07) is 11.2. The fourth-order valence-corrected chi connectivity index (χ4v) is 3.06. The van der Waals surface area contributed by atoms with Crippen molar-refractivity contribution in [2.75, 3.05) is 39.5 Å². The van der Waals surface area contributed by atoms with Gasteiger partial charge in [-0.2, -0.15) is 0 Å². The average Bonchev–Trinajstić information content (AvgIpc) is 3.22. The maximum atomic E-state index is 12.7. The smallest absolute Gasteiger partial charge is 0.255 e. The summed E-state index contributed by atoms with van der Waals surface area (Å²) in [6.45, 7) is 6.12. The third-order valence-electron chi connectivity index (χ3n) is 4.41. The summed E-state index contributed by atoms with van der Waals surface area (Å²) in [7, 11) is 0. The molecule has 1 saturated heterocycles. The molecule has 0 spiro atoms. The van der Waals surface area contributed by atoms with Crippen LogP contribution < -0.4 is 10.1 Å². The molecule has 1 fully saturated rings. The molecule has 140 valence electrons. The second kappa shape index (κ2) is 9.40. The molecular formula is C20H26N2O4. The molecule has 1 aromatic carbocycles. The van der Waals surface area contributed by atoms with Crippen LogP contribution in [-0.2, 0) is 4.74 Å². The molecule has 1 aliphatic heterocycles. The van der Waals surface area contributed by atoms with Crippen LogP contribution in [0.2, 0.25) is 0 Å².